The quantitative estimate of drug-likeness (QED) is 0.313. The molecule has 1 aromatic carbocycles. The minimum Gasteiger partial charge on any atom is -0.363 e. The third kappa shape index (κ3) is 6.43. The summed E-state index contributed by atoms with van der Waals surface area (Å²) >= 11 is 3.38. The predicted molar refractivity (Wildman–Crippen MR) is 124 cm³/mol. The van der Waals surface area contributed by atoms with Crippen molar-refractivity contribution in [2.45, 2.75) is 63.4 Å². The molecule has 28 heavy (non-hydrogen) atoms. The number of amides is 1. The highest BCUT2D eigenvalue weighted by Gasteiger charge is 2.28. The summed E-state index contributed by atoms with van der Waals surface area (Å²) in [6.07, 6.45) is 8.93. The molecule has 1 amide bonds. The lowest BCUT2D eigenvalue weighted by atomic mass is 10.1. The van der Waals surface area contributed by atoms with E-state index in [4.69, 9.17) is 4.74 Å². The Kier molecular flexibility index (Phi) is 9.69. The van der Waals surface area contributed by atoms with E-state index < -0.39 is 0 Å². The normalized spacial score (nSPS) is 18.4. The number of nitrogens with zero attached hydrogens (tertiary/aromatic N) is 1. The van der Waals surface area contributed by atoms with Gasteiger partial charge >= 0.3 is 0 Å². The van der Waals surface area contributed by atoms with E-state index in [-0.39, 0.29) is 18.6 Å². The molecular formula is C23H33NO2S2. The number of anilines is 1. The van der Waals surface area contributed by atoms with Crippen LogP contribution in [-0.4, -0.2) is 31.9 Å². The summed E-state index contributed by atoms with van der Waals surface area (Å²) in [7, 11) is 1.82. The van der Waals surface area contributed by atoms with E-state index in [9.17, 15) is 4.79 Å². The molecular weight excluding hydrogens is 386 g/mol. The Bertz CT molecular complexity index is 714. The molecule has 1 heterocycles. The average Bonchev–Trinajstić information content (AvgIpc) is 3.09. The Labute approximate surface area is 179 Å². The summed E-state index contributed by atoms with van der Waals surface area (Å²) in [4.78, 5) is 17.9. The molecule has 154 valence electrons. The van der Waals surface area contributed by atoms with Gasteiger partial charge in [-0.25, -0.2) is 0 Å². The van der Waals surface area contributed by atoms with Crippen LogP contribution in [0.15, 0.2) is 51.1 Å². The molecule has 1 fully saturated rings. The number of likely N-dealkylation sites (N-methyl/N-ethyl adjacent to an activating group) is 1. The van der Waals surface area contributed by atoms with Crippen LogP contribution in [0.5, 0.6) is 0 Å². The summed E-state index contributed by atoms with van der Waals surface area (Å²) in [6, 6.07) is 7.96. The molecule has 0 saturated carbocycles. The summed E-state index contributed by atoms with van der Waals surface area (Å²) in [5.74, 6) is -0.0241. The molecule has 1 atom stereocenters. The van der Waals surface area contributed by atoms with E-state index in [0.29, 0.717) is 0 Å². The molecule has 0 bridgehead atoms. The van der Waals surface area contributed by atoms with Crippen LogP contribution in [0.3, 0.4) is 0 Å². The fourth-order valence-corrected chi connectivity index (χ4v) is 5.04. The van der Waals surface area contributed by atoms with Crippen molar-refractivity contribution < 1.29 is 9.53 Å². The minimum atomic E-state index is -0.0307. The number of thioether (sulfide) groups is 2. The first-order valence-corrected chi connectivity index (χ1v) is 12.1. The van der Waals surface area contributed by atoms with Gasteiger partial charge in [-0.05, 0) is 43.1 Å². The molecule has 5 heteroatoms. The van der Waals surface area contributed by atoms with Crippen LogP contribution >= 0.6 is 23.5 Å². The number of ether oxygens (including phenoxy) is 1. The number of benzene rings is 1. The highest BCUT2D eigenvalue weighted by molar-refractivity contribution is 8.07. The zero-order chi connectivity index (χ0) is 20.5. The van der Waals surface area contributed by atoms with Crippen LogP contribution in [-0.2, 0) is 9.53 Å². The number of carbonyl (C=O) groups excluding carboxylic acids is 1. The van der Waals surface area contributed by atoms with Crippen molar-refractivity contribution in [1.82, 2.24) is 0 Å². The van der Waals surface area contributed by atoms with Crippen LogP contribution in [0.2, 0.25) is 0 Å². The molecule has 0 aromatic heterocycles. The van der Waals surface area contributed by atoms with Crippen molar-refractivity contribution in [3.63, 3.8) is 0 Å². The molecule has 1 saturated heterocycles. The highest BCUT2D eigenvalue weighted by Crippen LogP contribution is 2.44. The van der Waals surface area contributed by atoms with Gasteiger partial charge in [0.05, 0.1) is 11.8 Å². The van der Waals surface area contributed by atoms with E-state index in [1.807, 2.05) is 37.6 Å². The average molecular weight is 420 g/mol. The molecule has 0 N–H and O–H groups in total. The van der Waals surface area contributed by atoms with Gasteiger partial charge in [-0.3, -0.25) is 4.79 Å². The fourth-order valence-electron chi connectivity index (χ4n) is 3.31. The minimum absolute atomic E-state index is 0.0241. The monoisotopic (exact) mass is 419 g/mol. The maximum absolute atomic E-state index is 12.7. The molecule has 2 rings (SSSR count). The highest BCUT2D eigenvalue weighted by atomic mass is 32.2. The number of para-hydroxylation sites is 1. The van der Waals surface area contributed by atoms with Gasteiger partial charge in [0.15, 0.2) is 0 Å². The topological polar surface area (TPSA) is 29.5 Å². The van der Waals surface area contributed by atoms with Crippen molar-refractivity contribution in [2.75, 3.05) is 24.8 Å². The maximum atomic E-state index is 12.7. The Morgan fingerprint density at radius 3 is 2.79 bits per heavy atom. The summed E-state index contributed by atoms with van der Waals surface area (Å²) < 4.78 is 6.07. The number of rotatable bonds is 10. The van der Waals surface area contributed by atoms with E-state index >= 15 is 0 Å². The second-order valence-corrected chi connectivity index (χ2v) is 9.29. The van der Waals surface area contributed by atoms with E-state index in [1.165, 1.54) is 36.2 Å². The predicted octanol–water partition coefficient (Wildman–Crippen LogP) is 6.65. The van der Waals surface area contributed by atoms with E-state index in [2.05, 4.69) is 20.4 Å². The molecule has 0 aliphatic carbocycles. The van der Waals surface area contributed by atoms with Crippen molar-refractivity contribution in [3.05, 3.63) is 46.2 Å². The van der Waals surface area contributed by atoms with Crippen LogP contribution in [0.4, 0.5) is 5.69 Å². The Balaban J connectivity index is 1.97. The number of hydrogen-bond acceptors (Lipinski definition) is 4. The van der Waals surface area contributed by atoms with Crippen molar-refractivity contribution >= 4 is 35.1 Å². The molecule has 1 aromatic rings. The first kappa shape index (κ1) is 23.1. The van der Waals surface area contributed by atoms with Gasteiger partial charge in [0, 0.05) is 23.3 Å². The summed E-state index contributed by atoms with van der Waals surface area (Å²) in [5.41, 5.74) is 2.31. The first-order chi connectivity index (χ1) is 13.5. The number of carbonyl (C=O) groups is 1. The van der Waals surface area contributed by atoms with Gasteiger partial charge < -0.3 is 9.64 Å². The second kappa shape index (κ2) is 11.7. The zero-order valence-corrected chi connectivity index (χ0v) is 19.3. The van der Waals surface area contributed by atoms with Crippen molar-refractivity contribution in [3.8, 4) is 0 Å². The molecule has 1 aliphatic rings. The van der Waals surface area contributed by atoms with E-state index in [1.54, 1.807) is 28.4 Å². The van der Waals surface area contributed by atoms with Gasteiger partial charge in [0.2, 0.25) is 0 Å². The lowest BCUT2D eigenvalue weighted by Gasteiger charge is -2.21. The number of hydrogen-bond donors (Lipinski definition) is 0. The van der Waals surface area contributed by atoms with Crippen LogP contribution in [0.1, 0.15) is 52.4 Å². The maximum Gasteiger partial charge on any atom is 0.252 e. The van der Waals surface area contributed by atoms with Crippen LogP contribution in [0, 0.1) is 0 Å². The largest absolute Gasteiger partial charge is 0.363 e. The summed E-state index contributed by atoms with van der Waals surface area (Å²) in [6.45, 7) is 8.65. The van der Waals surface area contributed by atoms with Crippen molar-refractivity contribution in [1.29, 1.82) is 0 Å². The second-order valence-electron chi connectivity index (χ2n) is 7.22. The van der Waals surface area contributed by atoms with Crippen LogP contribution < -0.4 is 4.90 Å². The third-order valence-electron chi connectivity index (χ3n) is 5.01. The Morgan fingerprint density at radius 2 is 2.07 bits per heavy atom. The number of unbranched alkanes of at least 4 members (excludes halogenated alkanes) is 3. The lowest BCUT2D eigenvalue weighted by Crippen LogP contribution is -2.32. The van der Waals surface area contributed by atoms with E-state index in [0.717, 1.165) is 28.3 Å². The summed E-state index contributed by atoms with van der Waals surface area (Å²) in [5, 5.41) is 0. The molecule has 1 unspecified atom stereocenters. The first-order valence-electron chi connectivity index (χ1n) is 10.0. The zero-order valence-electron chi connectivity index (χ0n) is 17.6. The van der Waals surface area contributed by atoms with Gasteiger partial charge in [0.1, 0.15) is 6.61 Å². The van der Waals surface area contributed by atoms with Gasteiger partial charge in [0.25, 0.3) is 5.91 Å². The smallest absolute Gasteiger partial charge is 0.252 e. The van der Waals surface area contributed by atoms with Crippen molar-refractivity contribution in [2.24, 2.45) is 0 Å². The number of allylic oxidation sites excluding steroid dienone is 1. The van der Waals surface area contributed by atoms with Gasteiger partial charge in [-0.15, -0.1) is 11.8 Å². The Hall–Kier alpha value is -1.17. The molecule has 0 spiro atoms. The van der Waals surface area contributed by atoms with Gasteiger partial charge in [-0.2, -0.15) is 0 Å². The molecule has 1 aliphatic heterocycles. The SMILES string of the molecule is C=C1CC(OCC(=O)N(C)c2ccccc2SC)/C(=C(\C)CCCCCC)S1. The fraction of sp³-hybridized carbons (Fsp3) is 0.522. The van der Waals surface area contributed by atoms with Crippen LogP contribution in [0.25, 0.3) is 0 Å². The van der Waals surface area contributed by atoms with Gasteiger partial charge in [-0.1, -0.05) is 62.2 Å². The molecule has 3 nitrogen and oxygen atoms in total. The molecule has 0 radical (unpaired) electrons. The standard InChI is InChI=1S/C23H33NO2S2/c1-6-7-8-9-12-17(2)23-20(15-18(3)28-23)26-16-22(25)24(4)19-13-10-11-14-21(19)27-5/h10-11,13-14,20H,3,6-9,12,15-16H2,1-2,4-5H3/b23-17-. The third-order valence-corrected chi connectivity index (χ3v) is 7.09. The lowest BCUT2D eigenvalue weighted by molar-refractivity contribution is -0.123. The Morgan fingerprint density at radius 1 is 1.32 bits per heavy atom.